The summed E-state index contributed by atoms with van der Waals surface area (Å²) in [5.41, 5.74) is 0.710. The van der Waals surface area contributed by atoms with Crippen molar-refractivity contribution in [3.05, 3.63) is 74.5 Å². The molecule has 31 heavy (non-hydrogen) atoms. The number of amides is 1. The molecule has 1 amide bonds. The molecule has 1 aliphatic heterocycles. The summed E-state index contributed by atoms with van der Waals surface area (Å²) in [7, 11) is -2.10. The Morgan fingerprint density at radius 3 is 2.29 bits per heavy atom. The number of aromatic nitrogens is 1. The summed E-state index contributed by atoms with van der Waals surface area (Å²) in [6.07, 6.45) is 0. The van der Waals surface area contributed by atoms with Crippen molar-refractivity contribution in [2.75, 3.05) is 26.2 Å². The number of para-hydroxylation sites is 1. The number of hydrogen-bond acceptors (Lipinski definition) is 4. The monoisotopic (exact) mass is 479 g/mol. The third-order valence-corrected chi connectivity index (χ3v) is 8.07. The molecule has 0 unspecified atom stereocenters. The van der Waals surface area contributed by atoms with Gasteiger partial charge in [-0.1, -0.05) is 41.4 Å². The molecule has 1 aromatic heterocycles. The van der Waals surface area contributed by atoms with E-state index in [2.05, 4.69) is 0 Å². The van der Waals surface area contributed by atoms with Crippen molar-refractivity contribution in [2.45, 2.75) is 4.90 Å². The summed E-state index contributed by atoms with van der Waals surface area (Å²) in [6.45, 7) is 0.694. The lowest BCUT2D eigenvalue weighted by Crippen LogP contribution is -2.50. The summed E-state index contributed by atoms with van der Waals surface area (Å²) in [6, 6.07) is 12.7. The molecule has 162 valence electrons. The van der Waals surface area contributed by atoms with Gasteiger partial charge in [0, 0.05) is 44.7 Å². The SMILES string of the molecule is Cn1c(=O)cc(C(=O)N2CCN(S(=O)(=O)c3ccc(Cl)c(Cl)c3)CC2)c2ccccc21. The van der Waals surface area contributed by atoms with E-state index in [4.69, 9.17) is 23.2 Å². The average Bonchev–Trinajstić information content (AvgIpc) is 2.77. The molecule has 1 aliphatic rings. The van der Waals surface area contributed by atoms with Gasteiger partial charge >= 0.3 is 0 Å². The van der Waals surface area contributed by atoms with E-state index in [0.29, 0.717) is 16.5 Å². The second-order valence-corrected chi connectivity index (χ2v) is 10.00. The molecule has 0 atom stereocenters. The first-order chi connectivity index (χ1) is 14.7. The van der Waals surface area contributed by atoms with Crippen molar-refractivity contribution < 1.29 is 13.2 Å². The average molecular weight is 480 g/mol. The van der Waals surface area contributed by atoms with Gasteiger partial charge in [-0.05, 0) is 24.3 Å². The Morgan fingerprint density at radius 1 is 0.935 bits per heavy atom. The number of piperazine rings is 1. The molecule has 1 saturated heterocycles. The van der Waals surface area contributed by atoms with Gasteiger partial charge in [-0.2, -0.15) is 4.31 Å². The zero-order chi connectivity index (χ0) is 22.3. The molecule has 0 spiro atoms. The third kappa shape index (κ3) is 3.96. The van der Waals surface area contributed by atoms with Crippen molar-refractivity contribution >= 4 is 50.0 Å². The second-order valence-electron chi connectivity index (χ2n) is 7.24. The topological polar surface area (TPSA) is 79.7 Å². The summed E-state index contributed by atoms with van der Waals surface area (Å²) in [5, 5.41) is 1.12. The minimum atomic E-state index is -3.76. The van der Waals surface area contributed by atoms with E-state index in [1.807, 2.05) is 12.1 Å². The van der Waals surface area contributed by atoms with Crippen LogP contribution in [0.5, 0.6) is 0 Å². The van der Waals surface area contributed by atoms with E-state index in [0.717, 1.165) is 0 Å². The lowest BCUT2D eigenvalue weighted by Gasteiger charge is -2.34. The van der Waals surface area contributed by atoms with Crippen LogP contribution in [0.15, 0.2) is 58.2 Å². The fraction of sp³-hybridized carbons (Fsp3) is 0.238. The molecule has 0 saturated carbocycles. The zero-order valence-corrected chi connectivity index (χ0v) is 18.9. The van der Waals surface area contributed by atoms with Crippen molar-refractivity contribution in [3.63, 3.8) is 0 Å². The quantitative estimate of drug-likeness (QED) is 0.578. The lowest BCUT2D eigenvalue weighted by atomic mass is 10.1. The second kappa shape index (κ2) is 8.27. The number of fused-ring (bicyclic) bond motifs is 1. The van der Waals surface area contributed by atoms with Gasteiger partial charge in [0.05, 0.1) is 26.0 Å². The van der Waals surface area contributed by atoms with Crippen molar-refractivity contribution in [1.29, 1.82) is 0 Å². The van der Waals surface area contributed by atoms with Crippen molar-refractivity contribution in [3.8, 4) is 0 Å². The number of hydrogen-bond donors (Lipinski definition) is 0. The van der Waals surface area contributed by atoms with Crippen LogP contribution in [0.25, 0.3) is 10.9 Å². The number of aryl methyl sites for hydroxylation is 1. The van der Waals surface area contributed by atoms with Gasteiger partial charge < -0.3 is 9.47 Å². The van der Waals surface area contributed by atoms with Gasteiger partial charge in [-0.25, -0.2) is 8.42 Å². The molecule has 0 N–H and O–H groups in total. The van der Waals surface area contributed by atoms with Crippen LogP contribution in [0.4, 0.5) is 0 Å². The number of pyridine rings is 1. The Bertz CT molecular complexity index is 1350. The first kappa shape index (κ1) is 21.8. The first-order valence-electron chi connectivity index (χ1n) is 9.53. The van der Waals surface area contributed by atoms with Crippen LogP contribution < -0.4 is 5.56 Å². The largest absolute Gasteiger partial charge is 0.336 e. The van der Waals surface area contributed by atoms with Crippen LogP contribution in [0, 0.1) is 0 Å². The Morgan fingerprint density at radius 2 is 1.61 bits per heavy atom. The predicted molar refractivity (Wildman–Crippen MR) is 120 cm³/mol. The van der Waals surface area contributed by atoms with Gasteiger partial charge in [-0.3, -0.25) is 9.59 Å². The number of rotatable bonds is 3. The molecule has 4 rings (SSSR count). The van der Waals surface area contributed by atoms with E-state index in [-0.39, 0.29) is 52.6 Å². The zero-order valence-electron chi connectivity index (χ0n) is 16.6. The van der Waals surface area contributed by atoms with Crippen molar-refractivity contribution in [1.82, 2.24) is 13.8 Å². The highest BCUT2D eigenvalue weighted by Crippen LogP contribution is 2.27. The minimum absolute atomic E-state index is 0.0548. The maximum atomic E-state index is 13.2. The van der Waals surface area contributed by atoms with Gasteiger partial charge in [0.1, 0.15) is 0 Å². The molecule has 2 heterocycles. The first-order valence-corrected chi connectivity index (χ1v) is 11.7. The minimum Gasteiger partial charge on any atom is -0.336 e. The Kier molecular flexibility index (Phi) is 5.83. The van der Waals surface area contributed by atoms with Gasteiger partial charge in [0.25, 0.3) is 11.5 Å². The third-order valence-electron chi connectivity index (χ3n) is 5.44. The highest BCUT2D eigenvalue weighted by Gasteiger charge is 2.31. The maximum Gasteiger partial charge on any atom is 0.254 e. The molecule has 7 nitrogen and oxygen atoms in total. The summed E-state index contributed by atoms with van der Waals surface area (Å²) in [5.74, 6) is -0.291. The number of benzene rings is 2. The molecule has 1 fully saturated rings. The maximum absolute atomic E-state index is 13.2. The van der Waals surface area contributed by atoms with Crippen LogP contribution in [0.1, 0.15) is 10.4 Å². The molecule has 0 radical (unpaired) electrons. The number of carbonyl (C=O) groups excluding carboxylic acids is 1. The molecule has 10 heteroatoms. The van der Waals surface area contributed by atoms with Crippen LogP contribution in [-0.2, 0) is 17.1 Å². The Labute approximate surface area is 189 Å². The normalized spacial score (nSPS) is 15.4. The van der Waals surface area contributed by atoms with E-state index in [9.17, 15) is 18.0 Å². The van der Waals surface area contributed by atoms with Gasteiger partial charge in [0.2, 0.25) is 10.0 Å². The van der Waals surface area contributed by atoms with E-state index in [1.54, 1.807) is 24.1 Å². The van der Waals surface area contributed by atoms with Gasteiger partial charge in [0.15, 0.2) is 0 Å². The number of nitrogens with zero attached hydrogens (tertiary/aromatic N) is 3. The van der Waals surface area contributed by atoms with Gasteiger partial charge in [-0.15, -0.1) is 0 Å². The lowest BCUT2D eigenvalue weighted by molar-refractivity contribution is 0.0699. The molecule has 0 bridgehead atoms. The van der Waals surface area contributed by atoms with E-state index < -0.39 is 10.0 Å². The van der Waals surface area contributed by atoms with Crippen LogP contribution >= 0.6 is 23.2 Å². The smallest absolute Gasteiger partial charge is 0.254 e. The number of halogens is 2. The fourth-order valence-electron chi connectivity index (χ4n) is 3.68. The summed E-state index contributed by atoms with van der Waals surface area (Å²) in [4.78, 5) is 27.1. The highest BCUT2D eigenvalue weighted by atomic mass is 35.5. The highest BCUT2D eigenvalue weighted by molar-refractivity contribution is 7.89. The molecule has 3 aromatic rings. The number of sulfonamides is 1. The van der Waals surface area contributed by atoms with Crippen molar-refractivity contribution in [2.24, 2.45) is 7.05 Å². The number of carbonyl (C=O) groups is 1. The summed E-state index contributed by atoms with van der Waals surface area (Å²) >= 11 is 11.9. The van der Waals surface area contributed by atoms with Crippen LogP contribution in [-0.4, -0.2) is 54.3 Å². The van der Waals surface area contributed by atoms with E-state index >= 15 is 0 Å². The molecule has 0 aliphatic carbocycles. The molecular formula is C21H19Cl2N3O4S. The Hall–Kier alpha value is -2.39. The Balaban J connectivity index is 1.56. The predicted octanol–water partition coefficient (Wildman–Crippen LogP) is 2.99. The van der Waals surface area contributed by atoms with Crippen LogP contribution in [0.3, 0.4) is 0 Å². The fourth-order valence-corrected chi connectivity index (χ4v) is 5.49. The standard InChI is InChI=1S/C21H19Cl2N3O4S/c1-24-19-5-3-2-4-15(19)16(13-20(24)27)21(28)25-8-10-26(11-9-25)31(29,30)14-6-7-17(22)18(23)12-14/h2-7,12-13H,8-11H2,1H3. The van der Waals surface area contributed by atoms with Crippen LogP contribution in [0.2, 0.25) is 10.0 Å². The molecular weight excluding hydrogens is 461 g/mol. The van der Waals surface area contributed by atoms with E-state index in [1.165, 1.54) is 33.1 Å². The molecule has 2 aromatic carbocycles. The summed E-state index contributed by atoms with van der Waals surface area (Å²) < 4.78 is 28.7.